The van der Waals surface area contributed by atoms with Gasteiger partial charge in [0.1, 0.15) is 15.3 Å². The van der Waals surface area contributed by atoms with Gasteiger partial charge in [-0.3, -0.25) is 0 Å². The maximum atomic E-state index is 12.9. The van der Waals surface area contributed by atoms with Gasteiger partial charge < -0.3 is 9.30 Å². The number of aromatic nitrogens is 2. The van der Waals surface area contributed by atoms with Crippen molar-refractivity contribution in [2.45, 2.75) is 44.3 Å². The summed E-state index contributed by atoms with van der Waals surface area (Å²) in [4.78, 5) is 4.51. The van der Waals surface area contributed by atoms with Crippen LogP contribution in [0.2, 0.25) is 0 Å². The Balaban J connectivity index is 1.79. The molecule has 0 amide bonds. The van der Waals surface area contributed by atoms with Crippen LogP contribution in [0, 0.1) is 9.62 Å². The maximum Gasteiger partial charge on any atom is 0.391 e. The normalized spacial score (nSPS) is 21.3. The number of hydrogen-bond acceptors (Lipinski definition) is 2. The third-order valence-electron chi connectivity index (χ3n) is 4.91. The Labute approximate surface area is 158 Å². The van der Waals surface area contributed by atoms with Gasteiger partial charge in [0.25, 0.3) is 0 Å². The first-order chi connectivity index (χ1) is 11.9. The summed E-state index contributed by atoms with van der Waals surface area (Å²) in [5, 5.41) is 0. The van der Waals surface area contributed by atoms with Gasteiger partial charge >= 0.3 is 6.18 Å². The van der Waals surface area contributed by atoms with Crippen molar-refractivity contribution in [3.63, 3.8) is 0 Å². The average Bonchev–Trinajstić information content (AvgIpc) is 2.95. The highest BCUT2D eigenvalue weighted by molar-refractivity contribution is 14.1. The lowest BCUT2D eigenvalue weighted by atomic mass is 9.81. The largest absolute Gasteiger partial charge is 0.496 e. The fraction of sp³-hybridized carbons (Fsp3) is 0.500. The Kier molecular flexibility index (Phi) is 5.60. The zero-order valence-electron chi connectivity index (χ0n) is 13.9. The van der Waals surface area contributed by atoms with E-state index in [1.54, 1.807) is 13.3 Å². The summed E-state index contributed by atoms with van der Waals surface area (Å²) in [6, 6.07) is 7.78. The molecule has 1 saturated carbocycles. The molecule has 136 valence electrons. The second-order valence-electron chi connectivity index (χ2n) is 6.43. The molecule has 0 aliphatic heterocycles. The number of hydrogen-bond donors (Lipinski definition) is 0. The molecule has 3 rings (SSSR count). The molecule has 7 heteroatoms. The van der Waals surface area contributed by atoms with Crippen molar-refractivity contribution < 1.29 is 17.9 Å². The summed E-state index contributed by atoms with van der Waals surface area (Å²) in [7, 11) is 1.64. The number of halogens is 4. The fourth-order valence-electron chi connectivity index (χ4n) is 3.53. The molecule has 1 fully saturated rings. The van der Waals surface area contributed by atoms with Crippen molar-refractivity contribution in [2.24, 2.45) is 5.92 Å². The average molecular weight is 464 g/mol. The third-order valence-corrected chi connectivity index (χ3v) is 5.77. The third kappa shape index (κ3) is 4.12. The minimum Gasteiger partial charge on any atom is -0.496 e. The van der Waals surface area contributed by atoms with Crippen LogP contribution in [0.15, 0.2) is 30.5 Å². The molecule has 25 heavy (non-hydrogen) atoms. The van der Waals surface area contributed by atoms with Gasteiger partial charge in [-0.2, -0.15) is 13.2 Å². The van der Waals surface area contributed by atoms with Gasteiger partial charge in [-0.05, 0) is 54.3 Å². The number of benzene rings is 1. The van der Waals surface area contributed by atoms with E-state index in [1.807, 2.05) is 24.3 Å². The van der Waals surface area contributed by atoms with E-state index in [1.165, 1.54) is 0 Å². The van der Waals surface area contributed by atoms with Crippen LogP contribution < -0.4 is 4.74 Å². The smallest absolute Gasteiger partial charge is 0.391 e. The topological polar surface area (TPSA) is 27.1 Å². The first-order valence-electron chi connectivity index (χ1n) is 8.29. The van der Waals surface area contributed by atoms with Crippen LogP contribution >= 0.6 is 22.6 Å². The van der Waals surface area contributed by atoms with Gasteiger partial charge in [-0.25, -0.2) is 4.98 Å². The molecule has 0 saturated heterocycles. The fourth-order valence-corrected chi connectivity index (χ4v) is 4.09. The Morgan fingerprint density at radius 3 is 2.52 bits per heavy atom. The molecule has 1 aromatic heterocycles. The predicted molar refractivity (Wildman–Crippen MR) is 97.8 cm³/mol. The molecule has 1 aliphatic carbocycles. The molecular formula is C18H20F3IN2O. The van der Waals surface area contributed by atoms with E-state index in [4.69, 9.17) is 4.74 Å². The number of nitrogens with zero attached hydrogens (tertiary/aromatic N) is 2. The number of rotatable bonds is 4. The van der Waals surface area contributed by atoms with Gasteiger partial charge in [0.2, 0.25) is 0 Å². The van der Waals surface area contributed by atoms with E-state index >= 15 is 0 Å². The Bertz CT molecular complexity index is 721. The van der Waals surface area contributed by atoms with Crippen LogP contribution in [0.3, 0.4) is 0 Å². The quantitative estimate of drug-likeness (QED) is 0.569. The molecule has 3 nitrogen and oxygen atoms in total. The van der Waals surface area contributed by atoms with Gasteiger partial charge in [0.05, 0.1) is 25.8 Å². The van der Waals surface area contributed by atoms with E-state index in [0.29, 0.717) is 19.4 Å². The first kappa shape index (κ1) is 18.5. The summed E-state index contributed by atoms with van der Waals surface area (Å²) in [5.41, 5.74) is 1.03. The predicted octanol–water partition coefficient (Wildman–Crippen LogP) is 5.38. The van der Waals surface area contributed by atoms with Crippen LogP contribution in [0.4, 0.5) is 13.2 Å². The van der Waals surface area contributed by atoms with Crippen molar-refractivity contribution >= 4 is 22.6 Å². The van der Waals surface area contributed by atoms with E-state index in [2.05, 4.69) is 32.1 Å². The number of ether oxygens (including phenoxy) is 1. The minimum atomic E-state index is -4.08. The van der Waals surface area contributed by atoms with E-state index in [0.717, 1.165) is 20.8 Å². The van der Waals surface area contributed by atoms with E-state index in [9.17, 15) is 13.2 Å². The van der Waals surface area contributed by atoms with Crippen LogP contribution in [-0.2, 0) is 6.54 Å². The molecule has 0 radical (unpaired) electrons. The van der Waals surface area contributed by atoms with Crippen molar-refractivity contribution in [3.05, 3.63) is 45.6 Å². The van der Waals surface area contributed by atoms with Crippen molar-refractivity contribution in [1.82, 2.24) is 9.55 Å². The zero-order chi connectivity index (χ0) is 18.0. The van der Waals surface area contributed by atoms with Crippen molar-refractivity contribution in [2.75, 3.05) is 7.11 Å². The summed E-state index contributed by atoms with van der Waals surface area (Å²) in [5.74, 6) is 0.604. The lowest BCUT2D eigenvalue weighted by Gasteiger charge is -2.30. The molecule has 1 aromatic carbocycles. The zero-order valence-corrected chi connectivity index (χ0v) is 16.0. The van der Waals surface area contributed by atoms with Crippen molar-refractivity contribution in [1.29, 1.82) is 0 Å². The number of imidazole rings is 1. The molecule has 0 spiro atoms. The number of alkyl halides is 3. The second kappa shape index (κ2) is 7.55. The van der Waals surface area contributed by atoms with Crippen LogP contribution in [0.1, 0.15) is 43.0 Å². The molecule has 1 heterocycles. The standard InChI is InChI=1S/C18H20F3IN2O/c1-25-15-5-3-2-4-13(15)11-24-16(22)10-23-17(24)12-6-8-14(9-7-12)18(19,20)21/h2-5,10,12,14H,6-9,11H2,1H3/t12-,14+. The second-order valence-corrected chi connectivity index (χ2v) is 7.53. The summed E-state index contributed by atoms with van der Waals surface area (Å²) in [6.07, 6.45) is -0.849. The lowest BCUT2D eigenvalue weighted by molar-refractivity contribution is -0.182. The van der Waals surface area contributed by atoms with Crippen LogP contribution in [0.25, 0.3) is 0 Å². The van der Waals surface area contributed by atoms with Gasteiger partial charge in [-0.1, -0.05) is 18.2 Å². The molecule has 0 unspecified atom stereocenters. The molecule has 0 atom stereocenters. The van der Waals surface area contributed by atoms with Crippen LogP contribution in [-0.4, -0.2) is 22.8 Å². The van der Waals surface area contributed by atoms with E-state index in [-0.39, 0.29) is 18.8 Å². The lowest BCUT2D eigenvalue weighted by Crippen LogP contribution is -2.28. The monoisotopic (exact) mass is 464 g/mol. The van der Waals surface area contributed by atoms with Gasteiger partial charge in [0, 0.05) is 11.5 Å². The molecule has 0 bridgehead atoms. The number of para-hydroxylation sites is 1. The highest BCUT2D eigenvalue weighted by atomic mass is 127. The summed E-state index contributed by atoms with van der Waals surface area (Å²) < 4.78 is 47.2. The van der Waals surface area contributed by atoms with Crippen molar-refractivity contribution in [3.8, 4) is 5.75 Å². The Hall–Kier alpha value is -1.25. The molecule has 0 N–H and O–H groups in total. The Morgan fingerprint density at radius 2 is 1.88 bits per heavy atom. The number of methoxy groups -OCH3 is 1. The maximum absolute atomic E-state index is 12.9. The van der Waals surface area contributed by atoms with Gasteiger partial charge in [0.15, 0.2) is 0 Å². The van der Waals surface area contributed by atoms with Gasteiger partial charge in [-0.15, -0.1) is 0 Å². The molecule has 2 aromatic rings. The summed E-state index contributed by atoms with van der Waals surface area (Å²) >= 11 is 2.22. The van der Waals surface area contributed by atoms with E-state index < -0.39 is 12.1 Å². The SMILES string of the molecule is COc1ccccc1Cn1c(I)cnc1[C@H]1CC[C@@H](C(F)(F)F)CC1. The van der Waals surface area contributed by atoms with Crippen LogP contribution in [0.5, 0.6) is 5.75 Å². The minimum absolute atomic E-state index is 0.0804. The highest BCUT2D eigenvalue weighted by Crippen LogP contribution is 2.42. The summed E-state index contributed by atoms with van der Waals surface area (Å²) in [6.45, 7) is 0.608. The molecule has 1 aliphatic rings. The highest BCUT2D eigenvalue weighted by Gasteiger charge is 2.42. The Morgan fingerprint density at radius 1 is 1.20 bits per heavy atom. The molecular weight excluding hydrogens is 444 g/mol. The first-order valence-corrected chi connectivity index (χ1v) is 9.37.